The first-order valence-corrected chi connectivity index (χ1v) is 13.4. The quantitative estimate of drug-likeness (QED) is 0.673. The Balaban J connectivity index is 1.26. The Kier molecular flexibility index (Phi) is 6.45. The smallest absolute Gasteiger partial charge is 0.368 e. The lowest BCUT2D eigenvalue weighted by Gasteiger charge is -2.49. The highest BCUT2D eigenvalue weighted by Gasteiger charge is 2.53. The third kappa shape index (κ3) is 4.50. The predicted molar refractivity (Wildman–Crippen MR) is 132 cm³/mol. The number of carbonyl (C=O) groups excluding carboxylic acids is 1. The lowest BCUT2D eigenvalue weighted by Crippen LogP contribution is -2.44. The number of tetrazole rings is 1. The van der Waals surface area contributed by atoms with Crippen LogP contribution in [0.3, 0.4) is 0 Å². The molecule has 5 rings (SSSR count). The van der Waals surface area contributed by atoms with Crippen molar-refractivity contribution in [3.8, 4) is 5.69 Å². The molecule has 0 spiro atoms. The monoisotopic (exact) mass is 481 g/mol. The van der Waals surface area contributed by atoms with E-state index < -0.39 is 11.3 Å². The summed E-state index contributed by atoms with van der Waals surface area (Å²) in [7, 11) is 0. The van der Waals surface area contributed by atoms with Gasteiger partial charge in [0.05, 0.1) is 17.5 Å². The van der Waals surface area contributed by atoms with Crippen LogP contribution in [0.25, 0.3) is 5.69 Å². The normalized spacial score (nSPS) is 37.2. The van der Waals surface area contributed by atoms with Crippen LogP contribution in [0, 0.1) is 35.0 Å². The highest BCUT2D eigenvalue weighted by molar-refractivity contribution is 5.82. The number of aromatic nitrogens is 5. The molecule has 7 atom stereocenters. The number of fused-ring (bicyclic) bond motifs is 1. The number of rotatable bonds is 6. The molecule has 3 saturated carbocycles. The van der Waals surface area contributed by atoms with Gasteiger partial charge >= 0.3 is 5.69 Å². The molecule has 3 aliphatic rings. The Labute approximate surface area is 207 Å². The van der Waals surface area contributed by atoms with E-state index in [0.29, 0.717) is 29.4 Å². The standard InChI is InChI=1S/C27H39N5O3/c1-4-18-15-26(2,35)11-10-22(18)19-9-12-27(3)20(14-19)7-8-23(27)24(33)17-31-25(34)32(30-29-31)21-6-5-13-28-16-21/h5-6,13,16,18-20,22-23,35H,4,7-12,14-15,17H2,1-3H3/t18-,19+,20+,22+,23-,26-,27+/m1/s1. The molecular formula is C27H39N5O3. The van der Waals surface area contributed by atoms with Gasteiger partial charge in [0.25, 0.3) is 0 Å². The largest absolute Gasteiger partial charge is 0.390 e. The first-order valence-electron chi connectivity index (χ1n) is 13.4. The van der Waals surface area contributed by atoms with Gasteiger partial charge in [-0.1, -0.05) is 20.3 Å². The Morgan fingerprint density at radius 3 is 2.74 bits per heavy atom. The second-order valence-corrected chi connectivity index (χ2v) is 11.9. The number of aliphatic hydroxyl groups is 1. The summed E-state index contributed by atoms with van der Waals surface area (Å²) in [5.41, 5.74) is -0.383. The number of ketones is 1. The summed E-state index contributed by atoms with van der Waals surface area (Å²) in [6, 6.07) is 3.48. The van der Waals surface area contributed by atoms with Crippen molar-refractivity contribution in [1.29, 1.82) is 0 Å². The maximum absolute atomic E-state index is 13.4. The molecule has 190 valence electrons. The van der Waals surface area contributed by atoms with Gasteiger partial charge in [-0.15, -0.1) is 0 Å². The van der Waals surface area contributed by atoms with Gasteiger partial charge < -0.3 is 5.11 Å². The molecule has 1 N–H and O–H groups in total. The highest BCUT2D eigenvalue weighted by Crippen LogP contribution is 2.59. The molecule has 0 unspecified atom stereocenters. The molecule has 3 fully saturated rings. The molecular weight excluding hydrogens is 442 g/mol. The summed E-state index contributed by atoms with van der Waals surface area (Å²) in [5.74, 6) is 2.62. The van der Waals surface area contributed by atoms with Gasteiger partial charge in [0.15, 0.2) is 5.78 Å². The van der Waals surface area contributed by atoms with Crippen LogP contribution in [0.15, 0.2) is 29.3 Å². The van der Waals surface area contributed by atoms with Crippen LogP contribution < -0.4 is 5.69 Å². The summed E-state index contributed by atoms with van der Waals surface area (Å²) < 4.78 is 2.38. The second-order valence-electron chi connectivity index (χ2n) is 11.9. The van der Waals surface area contributed by atoms with E-state index in [2.05, 4.69) is 29.3 Å². The van der Waals surface area contributed by atoms with E-state index in [9.17, 15) is 14.7 Å². The summed E-state index contributed by atoms with van der Waals surface area (Å²) >= 11 is 0. The maximum atomic E-state index is 13.4. The van der Waals surface area contributed by atoms with Crippen LogP contribution in [-0.2, 0) is 11.3 Å². The van der Waals surface area contributed by atoms with E-state index in [-0.39, 0.29) is 23.7 Å². The van der Waals surface area contributed by atoms with E-state index in [4.69, 9.17) is 0 Å². The van der Waals surface area contributed by atoms with Crippen LogP contribution in [0.5, 0.6) is 0 Å². The van der Waals surface area contributed by atoms with Gasteiger partial charge in [-0.3, -0.25) is 9.78 Å². The minimum atomic E-state index is -0.512. The molecule has 2 aromatic heterocycles. The van der Waals surface area contributed by atoms with E-state index >= 15 is 0 Å². The van der Waals surface area contributed by atoms with Crippen molar-refractivity contribution in [2.75, 3.05) is 0 Å². The van der Waals surface area contributed by atoms with Crippen molar-refractivity contribution in [3.05, 3.63) is 35.0 Å². The van der Waals surface area contributed by atoms with Gasteiger partial charge in [-0.2, -0.15) is 9.36 Å². The number of hydrogen-bond donors (Lipinski definition) is 1. The second kappa shape index (κ2) is 9.26. The molecule has 0 amide bonds. The number of carbonyl (C=O) groups is 1. The fourth-order valence-corrected chi connectivity index (χ4v) is 7.85. The van der Waals surface area contributed by atoms with Crippen molar-refractivity contribution in [2.45, 2.75) is 90.7 Å². The Morgan fingerprint density at radius 1 is 1.17 bits per heavy atom. The summed E-state index contributed by atoms with van der Waals surface area (Å²) in [6.45, 7) is 6.55. The topological polar surface area (TPSA) is 103 Å². The number of nitrogens with zero attached hydrogens (tertiary/aromatic N) is 5. The number of hydrogen-bond acceptors (Lipinski definition) is 6. The molecule has 0 saturated heterocycles. The maximum Gasteiger partial charge on any atom is 0.368 e. The van der Waals surface area contributed by atoms with Gasteiger partial charge in [-0.05, 0) is 110 Å². The summed E-state index contributed by atoms with van der Waals surface area (Å²) in [5, 5.41) is 18.5. The number of Topliss-reactive ketones (excluding diaryl/α,β-unsaturated/α-hetero) is 1. The SMILES string of the molecule is CC[C@@H]1C[C@](C)(O)CC[C@@H]1[C@H]1CC[C@@]2(C)[C@@H](CC[C@@H]2C(=O)Cn2nnn(-c3cccnc3)c2=O)C1. The minimum Gasteiger partial charge on any atom is -0.390 e. The van der Waals surface area contributed by atoms with Crippen LogP contribution in [0.2, 0.25) is 0 Å². The fraction of sp³-hybridized carbons (Fsp3) is 0.741. The van der Waals surface area contributed by atoms with E-state index in [0.717, 1.165) is 51.4 Å². The molecule has 8 nitrogen and oxygen atoms in total. The number of pyridine rings is 1. The molecule has 35 heavy (non-hydrogen) atoms. The van der Waals surface area contributed by atoms with Gasteiger partial charge in [0.2, 0.25) is 0 Å². The van der Waals surface area contributed by atoms with Gasteiger partial charge in [-0.25, -0.2) is 4.79 Å². The lowest BCUT2D eigenvalue weighted by molar-refractivity contribution is -0.128. The van der Waals surface area contributed by atoms with Crippen molar-refractivity contribution >= 4 is 5.78 Å². The third-order valence-corrected chi connectivity index (χ3v) is 9.85. The molecule has 0 aliphatic heterocycles. The van der Waals surface area contributed by atoms with E-state index in [1.165, 1.54) is 15.8 Å². The highest BCUT2D eigenvalue weighted by atomic mass is 16.3. The summed E-state index contributed by atoms with van der Waals surface area (Å²) in [4.78, 5) is 30.3. The van der Waals surface area contributed by atoms with Crippen LogP contribution in [0.4, 0.5) is 0 Å². The third-order valence-electron chi connectivity index (χ3n) is 9.85. The van der Waals surface area contributed by atoms with Crippen molar-refractivity contribution < 1.29 is 9.90 Å². The molecule has 0 aromatic carbocycles. The van der Waals surface area contributed by atoms with Crippen LogP contribution in [-0.4, -0.2) is 41.3 Å². The van der Waals surface area contributed by atoms with Crippen molar-refractivity contribution in [2.24, 2.45) is 35.0 Å². The molecule has 0 radical (unpaired) electrons. The van der Waals surface area contributed by atoms with Gasteiger partial charge in [0.1, 0.15) is 6.54 Å². The lowest BCUT2D eigenvalue weighted by atomic mass is 9.56. The first-order chi connectivity index (χ1) is 16.7. The zero-order chi connectivity index (χ0) is 24.8. The van der Waals surface area contributed by atoms with E-state index in [1.807, 2.05) is 6.92 Å². The molecule has 2 aromatic rings. The van der Waals surface area contributed by atoms with Gasteiger partial charge in [0, 0.05) is 12.1 Å². The first kappa shape index (κ1) is 24.3. The Morgan fingerprint density at radius 2 is 2.00 bits per heavy atom. The van der Waals surface area contributed by atoms with Crippen molar-refractivity contribution in [1.82, 2.24) is 24.8 Å². The molecule has 2 heterocycles. The molecule has 8 heteroatoms. The molecule has 0 bridgehead atoms. The van der Waals surface area contributed by atoms with Crippen LogP contribution in [0.1, 0.15) is 78.6 Å². The minimum absolute atomic E-state index is 0.00158. The Hall–Kier alpha value is -2.35. The average Bonchev–Trinajstić information content (AvgIpc) is 3.38. The summed E-state index contributed by atoms with van der Waals surface area (Å²) in [6.07, 6.45) is 12.7. The van der Waals surface area contributed by atoms with Crippen LogP contribution >= 0.6 is 0 Å². The molecule has 3 aliphatic carbocycles. The average molecular weight is 482 g/mol. The predicted octanol–water partition coefficient (Wildman–Crippen LogP) is 3.80. The van der Waals surface area contributed by atoms with E-state index in [1.54, 1.807) is 24.5 Å². The zero-order valence-corrected chi connectivity index (χ0v) is 21.3. The Bertz CT molecular complexity index is 1110. The zero-order valence-electron chi connectivity index (χ0n) is 21.3. The fourth-order valence-electron chi connectivity index (χ4n) is 7.85. The van der Waals surface area contributed by atoms with Crippen molar-refractivity contribution in [3.63, 3.8) is 0 Å².